The number of carbonyl (C=O) groups is 1. The number of ether oxygens (including phenoxy) is 3. The average molecular weight is 368 g/mol. The van der Waals surface area contributed by atoms with Crippen LogP contribution in [0.15, 0.2) is 42.0 Å². The molecule has 0 unspecified atom stereocenters. The summed E-state index contributed by atoms with van der Waals surface area (Å²) >= 11 is 0. The van der Waals surface area contributed by atoms with Crippen molar-refractivity contribution in [2.45, 2.75) is 26.2 Å². The number of allylic oxidation sites excluding steroid dienone is 2. The van der Waals surface area contributed by atoms with Crippen molar-refractivity contribution in [3.05, 3.63) is 58.7 Å². The Hall–Kier alpha value is -2.95. The Morgan fingerprint density at radius 1 is 1.19 bits per heavy atom. The Bertz CT molecular complexity index is 894. The molecule has 0 saturated carbocycles. The number of rotatable bonds is 5. The summed E-state index contributed by atoms with van der Waals surface area (Å²) in [5, 5.41) is 9.61. The minimum atomic E-state index is -0.478. The molecule has 2 aromatic rings. The van der Waals surface area contributed by atoms with Gasteiger partial charge >= 0.3 is 0 Å². The number of phenolic OH excluding ortho intramolecular Hbond substituents is 1. The lowest BCUT2D eigenvalue weighted by molar-refractivity contribution is 0.0894. The zero-order chi connectivity index (χ0) is 19.6. The smallest absolute Gasteiger partial charge is 0.177 e. The zero-order valence-corrected chi connectivity index (χ0v) is 16.0. The molecule has 0 saturated heterocycles. The van der Waals surface area contributed by atoms with E-state index < -0.39 is 5.92 Å². The maximum atomic E-state index is 13.1. The third kappa shape index (κ3) is 3.77. The van der Waals surface area contributed by atoms with Crippen LogP contribution in [0.3, 0.4) is 0 Å². The van der Waals surface area contributed by atoms with Crippen LogP contribution < -0.4 is 14.2 Å². The second-order valence-electron chi connectivity index (χ2n) is 6.80. The molecule has 0 spiro atoms. The van der Waals surface area contributed by atoms with E-state index in [0.29, 0.717) is 23.5 Å². The van der Waals surface area contributed by atoms with Crippen LogP contribution in [0.2, 0.25) is 0 Å². The van der Waals surface area contributed by atoms with Gasteiger partial charge in [0.25, 0.3) is 0 Å². The van der Waals surface area contributed by atoms with E-state index in [1.165, 1.54) is 17.7 Å². The van der Waals surface area contributed by atoms with Crippen LogP contribution >= 0.6 is 0 Å². The molecule has 1 atom stereocenters. The number of hydrogen-bond donors (Lipinski definition) is 1. The van der Waals surface area contributed by atoms with E-state index in [-0.39, 0.29) is 18.1 Å². The molecule has 0 bridgehead atoms. The average Bonchev–Trinajstić information content (AvgIpc) is 2.65. The highest BCUT2D eigenvalue weighted by Crippen LogP contribution is 2.40. The topological polar surface area (TPSA) is 65.0 Å². The lowest BCUT2D eigenvalue weighted by Gasteiger charge is -2.26. The Morgan fingerprint density at radius 3 is 2.59 bits per heavy atom. The molecule has 27 heavy (non-hydrogen) atoms. The molecule has 0 radical (unpaired) electrons. The molecule has 0 aliphatic carbocycles. The first kappa shape index (κ1) is 18.8. The van der Waals surface area contributed by atoms with Gasteiger partial charge in [-0.05, 0) is 44.0 Å². The van der Waals surface area contributed by atoms with Gasteiger partial charge in [-0.2, -0.15) is 0 Å². The molecule has 1 heterocycles. The third-order valence-electron chi connectivity index (χ3n) is 4.69. The second kappa shape index (κ2) is 7.74. The monoisotopic (exact) mass is 368 g/mol. The standard InChI is InChI=1S/C22H24O5/c1-13(2)5-6-14-9-17(20(26-4)11-19(14)25-3)18-12-27-21-10-15(23)7-8-16(21)22(18)24/h5,7-11,18,23H,6,12H2,1-4H3/t18-/m1/s1. The number of aromatic hydroxyl groups is 1. The van der Waals surface area contributed by atoms with E-state index in [9.17, 15) is 9.90 Å². The summed E-state index contributed by atoms with van der Waals surface area (Å²) in [6, 6.07) is 8.35. The van der Waals surface area contributed by atoms with Crippen molar-refractivity contribution in [2.75, 3.05) is 20.8 Å². The van der Waals surface area contributed by atoms with Crippen LogP contribution in [0.1, 0.15) is 41.3 Å². The van der Waals surface area contributed by atoms with Crippen molar-refractivity contribution < 1.29 is 24.1 Å². The van der Waals surface area contributed by atoms with Crippen molar-refractivity contribution in [3.8, 4) is 23.0 Å². The maximum absolute atomic E-state index is 13.1. The lowest BCUT2D eigenvalue weighted by Crippen LogP contribution is -2.26. The zero-order valence-electron chi connectivity index (χ0n) is 16.0. The van der Waals surface area contributed by atoms with Crippen molar-refractivity contribution in [1.82, 2.24) is 0 Å². The first-order valence-electron chi connectivity index (χ1n) is 8.82. The van der Waals surface area contributed by atoms with Gasteiger partial charge in [-0.15, -0.1) is 0 Å². The molecule has 2 aromatic carbocycles. The Morgan fingerprint density at radius 2 is 1.93 bits per heavy atom. The second-order valence-corrected chi connectivity index (χ2v) is 6.80. The van der Waals surface area contributed by atoms with Crippen LogP contribution in [0, 0.1) is 0 Å². The summed E-state index contributed by atoms with van der Waals surface area (Å²) in [4.78, 5) is 13.1. The predicted octanol–water partition coefficient (Wildman–Crippen LogP) is 4.28. The number of hydrogen-bond acceptors (Lipinski definition) is 5. The molecular formula is C22H24O5. The molecule has 0 fully saturated rings. The Kier molecular flexibility index (Phi) is 5.40. The number of phenols is 1. The minimum absolute atomic E-state index is 0.0483. The van der Waals surface area contributed by atoms with Crippen LogP contribution in [-0.4, -0.2) is 31.7 Å². The predicted molar refractivity (Wildman–Crippen MR) is 103 cm³/mol. The van der Waals surface area contributed by atoms with Gasteiger partial charge in [0.2, 0.25) is 0 Å². The van der Waals surface area contributed by atoms with Crippen LogP contribution in [0.5, 0.6) is 23.0 Å². The number of carbonyl (C=O) groups excluding carboxylic acids is 1. The Balaban J connectivity index is 2.04. The van der Waals surface area contributed by atoms with Crippen LogP contribution in [0.25, 0.3) is 0 Å². The number of ketones is 1. The van der Waals surface area contributed by atoms with Gasteiger partial charge < -0.3 is 19.3 Å². The van der Waals surface area contributed by atoms with Crippen molar-refractivity contribution in [1.29, 1.82) is 0 Å². The molecule has 0 amide bonds. The highest BCUT2D eigenvalue weighted by molar-refractivity contribution is 6.04. The first-order chi connectivity index (χ1) is 12.9. The van der Waals surface area contributed by atoms with Gasteiger partial charge in [0.05, 0.1) is 25.7 Å². The van der Waals surface area contributed by atoms with E-state index >= 15 is 0 Å². The molecule has 1 aliphatic rings. The van der Waals surface area contributed by atoms with E-state index in [2.05, 4.69) is 6.08 Å². The molecule has 0 aromatic heterocycles. The quantitative estimate of drug-likeness (QED) is 0.798. The van der Waals surface area contributed by atoms with E-state index in [1.54, 1.807) is 20.3 Å². The van der Waals surface area contributed by atoms with Gasteiger partial charge in [-0.1, -0.05) is 11.6 Å². The summed E-state index contributed by atoms with van der Waals surface area (Å²) < 4.78 is 16.8. The van der Waals surface area contributed by atoms with Gasteiger partial charge in [0.1, 0.15) is 29.6 Å². The lowest BCUT2D eigenvalue weighted by atomic mass is 9.87. The molecule has 5 heteroatoms. The largest absolute Gasteiger partial charge is 0.508 e. The van der Waals surface area contributed by atoms with Gasteiger partial charge in [0.15, 0.2) is 5.78 Å². The van der Waals surface area contributed by atoms with Crippen molar-refractivity contribution in [2.24, 2.45) is 0 Å². The molecule has 1 aliphatic heterocycles. The fourth-order valence-electron chi connectivity index (χ4n) is 3.24. The first-order valence-corrected chi connectivity index (χ1v) is 8.82. The maximum Gasteiger partial charge on any atom is 0.177 e. The van der Waals surface area contributed by atoms with Gasteiger partial charge in [-0.25, -0.2) is 0 Å². The van der Waals surface area contributed by atoms with Gasteiger partial charge in [-0.3, -0.25) is 4.79 Å². The number of methoxy groups -OCH3 is 2. The van der Waals surface area contributed by atoms with Gasteiger partial charge in [0, 0.05) is 17.7 Å². The molecular weight excluding hydrogens is 344 g/mol. The molecule has 5 nitrogen and oxygen atoms in total. The molecule has 3 rings (SSSR count). The minimum Gasteiger partial charge on any atom is -0.508 e. The van der Waals surface area contributed by atoms with Crippen molar-refractivity contribution >= 4 is 5.78 Å². The van der Waals surface area contributed by atoms with E-state index in [4.69, 9.17) is 14.2 Å². The third-order valence-corrected chi connectivity index (χ3v) is 4.69. The highest BCUT2D eigenvalue weighted by Gasteiger charge is 2.33. The summed E-state index contributed by atoms with van der Waals surface area (Å²) in [5.41, 5.74) is 3.44. The number of fused-ring (bicyclic) bond motifs is 1. The molecule has 1 N–H and O–H groups in total. The van der Waals surface area contributed by atoms with Crippen LogP contribution in [-0.2, 0) is 6.42 Å². The fourth-order valence-corrected chi connectivity index (χ4v) is 3.24. The number of benzene rings is 2. The van der Waals surface area contributed by atoms with E-state index in [0.717, 1.165) is 16.9 Å². The molecule has 142 valence electrons. The summed E-state index contributed by atoms with van der Waals surface area (Å²) in [6.07, 6.45) is 2.82. The summed E-state index contributed by atoms with van der Waals surface area (Å²) in [6.45, 7) is 4.28. The normalized spacial score (nSPS) is 15.6. The van der Waals surface area contributed by atoms with Crippen LogP contribution in [0.4, 0.5) is 0 Å². The number of Topliss-reactive ketones (excluding diaryl/α,β-unsaturated/α-hetero) is 1. The van der Waals surface area contributed by atoms with Crippen molar-refractivity contribution in [3.63, 3.8) is 0 Å². The summed E-state index contributed by atoms with van der Waals surface area (Å²) in [5.74, 6) is 1.28. The fraction of sp³-hybridized carbons (Fsp3) is 0.318. The van der Waals surface area contributed by atoms with E-state index in [1.807, 2.05) is 26.0 Å². The summed E-state index contributed by atoms with van der Waals surface area (Å²) in [7, 11) is 3.20. The highest BCUT2D eigenvalue weighted by atomic mass is 16.5. The SMILES string of the molecule is COc1cc(OC)c([C@H]2COc3cc(O)ccc3C2=O)cc1CC=C(C)C. The Labute approximate surface area is 159 Å².